The Bertz CT molecular complexity index is 670. The van der Waals surface area contributed by atoms with Gasteiger partial charge >= 0.3 is 0 Å². The van der Waals surface area contributed by atoms with Crippen molar-refractivity contribution in [3.05, 3.63) is 29.8 Å². The fourth-order valence-corrected chi connectivity index (χ4v) is 3.39. The number of nitrogens with zero attached hydrogens (tertiary/aromatic N) is 1. The third-order valence-corrected chi connectivity index (χ3v) is 5.13. The summed E-state index contributed by atoms with van der Waals surface area (Å²) >= 11 is 0. The fourth-order valence-electron chi connectivity index (χ4n) is 3.39. The highest BCUT2D eigenvalue weighted by molar-refractivity contribution is 5.98. The van der Waals surface area contributed by atoms with Crippen LogP contribution in [0, 0.1) is 5.92 Å². The zero-order chi connectivity index (χ0) is 20.5. The first-order valence-electron chi connectivity index (χ1n) is 10.4. The highest BCUT2D eigenvalue weighted by Crippen LogP contribution is 2.22. The van der Waals surface area contributed by atoms with Crippen molar-refractivity contribution in [3.8, 4) is 0 Å². The number of carbonyl (C=O) groups excluding carboxylic acids is 3. The summed E-state index contributed by atoms with van der Waals surface area (Å²) in [7, 11) is 0. The van der Waals surface area contributed by atoms with Crippen molar-refractivity contribution in [2.45, 2.75) is 65.3 Å². The molecule has 0 spiro atoms. The summed E-state index contributed by atoms with van der Waals surface area (Å²) in [6.45, 7) is 7.23. The average Bonchev–Trinajstić information content (AvgIpc) is 3.07. The molecular formula is C22H33N3O3. The summed E-state index contributed by atoms with van der Waals surface area (Å²) in [5.41, 5.74) is 1.21. The number of hydrogen-bond acceptors (Lipinski definition) is 3. The lowest BCUT2D eigenvalue weighted by molar-refractivity contribution is -0.129. The van der Waals surface area contributed by atoms with Crippen LogP contribution >= 0.6 is 0 Å². The second kappa shape index (κ2) is 10.8. The molecule has 28 heavy (non-hydrogen) atoms. The van der Waals surface area contributed by atoms with Crippen LogP contribution in [-0.2, 0) is 9.59 Å². The first-order valence-corrected chi connectivity index (χ1v) is 10.4. The molecular weight excluding hydrogens is 354 g/mol. The lowest BCUT2D eigenvalue weighted by atomic mass is 10.1. The van der Waals surface area contributed by atoms with Crippen LogP contribution in [0.5, 0.6) is 0 Å². The van der Waals surface area contributed by atoms with Crippen molar-refractivity contribution in [2.24, 2.45) is 5.92 Å². The number of carbonyl (C=O) groups is 3. The van der Waals surface area contributed by atoms with Crippen molar-refractivity contribution >= 4 is 23.4 Å². The molecule has 0 bridgehead atoms. The SMILES string of the molecule is CCCCCCCNC(=O)c1ccc(NC(=O)C2CC(=O)N(C(C)C)C2)cc1. The quantitative estimate of drug-likeness (QED) is 0.602. The van der Waals surface area contributed by atoms with Gasteiger partial charge in [0.2, 0.25) is 11.8 Å². The maximum atomic E-state index is 12.4. The summed E-state index contributed by atoms with van der Waals surface area (Å²) in [5.74, 6) is -0.550. The molecule has 0 radical (unpaired) electrons. The van der Waals surface area contributed by atoms with E-state index in [-0.39, 0.29) is 36.1 Å². The number of unbranched alkanes of at least 4 members (excludes halogenated alkanes) is 4. The molecule has 0 aromatic heterocycles. The number of benzene rings is 1. The molecule has 1 aliphatic rings. The van der Waals surface area contributed by atoms with E-state index >= 15 is 0 Å². The van der Waals surface area contributed by atoms with Gasteiger partial charge in [-0.2, -0.15) is 0 Å². The van der Waals surface area contributed by atoms with Gasteiger partial charge in [-0.15, -0.1) is 0 Å². The lowest BCUT2D eigenvalue weighted by Crippen LogP contribution is -2.33. The van der Waals surface area contributed by atoms with Crippen molar-refractivity contribution in [1.29, 1.82) is 0 Å². The molecule has 6 nitrogen and oxygen atoms in total. The second-order valence-corrected chi connectivity index (χ2v) is 7.78. The van der Waals surface area contributed by atoms with Gasteiger partial charge in [0.05, 0.1) is 5.92 Å². The number of likely N-dealkylation sites (tertiary alicyclic amines) is 1. The van der Waals surface area contributed by atoms with Crippen LogP contribution in [0.3, 0.4) is 0 Å². The Morgan fingerprint density at radius 2 is 1.79 bits per heavy atom. The van der Waals surface area contributed by atoms with Crippen molar-refractivity contribution in [3.63, 3.8) is 0 Å². The molecule has 154 valence electrons. The van der Waals surface area contributed by atoms with Crippen LogP contribution in [0.1, 0.15) is 69.7 Å². The molecule has 2 N–H and O–H groups in total. The van der Waals surface area contributed by atoms with Crippen LogP contribution in [0.2, 0.25) is 0 Å². The third-order valence-electron chi connectivity index (χ3n) is 5.13. The van der Waals surface area contributed by atoms with Gasteiger partial charge in [-0.3, -0.25) is 14.4 Å². The molecule has 0 saturated carbocycles. The van der Waals surface area contributed by atoms with Crippen molar-refractivity contribution in [1.82, 2.24) is 10.2 Å². The molecule has 1 aliphatic heterocycles. The predicted octanol–water partition coefficient (Wildman–Crippen LogP) is 3.58. The van der Waals surface area contributed by atoms with Gasteiger partial charge in [-0.25, -0.2) is 0 Å². The summed E-state index contributed by atoms with van der Waals surface area (Å²) in [6, 6.07) is 6.98. The Morgan fingerprint density at radius 3 is 2.39 bits per heavy atom. The molecule has 1 aromatic rings. The molecule has 2 rings (SSSR count). The van der Waals surface area contributed by atoms with Crippen molar-refractivity contribution < 1.29 is 14.4 Å². The molecule has 1 atom stereocenters. The van der Waals surface area contributed by atoms with Crippen LogP contribution in [0.15, 0.2) is 24.3 Å². The van der Waals surface area contributed by atoms with Gasteiger partial charge in [0, 0.05) is 36.8 Å². The maximum Gasteiger partial charge on any atom is 0.251 e. The largest absolute Gasteiger partial charge is 0.352 e. The molecule has 3 amide bonds. The van der Waals surface area contributed by atoms with E-state index in [9.17, 15) is 14.4 Å². The predicted molar refractivity (Wildman–Crippen MR) is 111 cm³/mol. The van der Waals surface area contributed by atoms with Crippen LogP contribution < -0.4 is 10.6 Å². The number of amides is 3. The van der Waals surface area contributed by atoms with Gasteiger partial charge in [-0.1, -0.05) is 32.6 Å². The van der Waals surface area contributed by atoms with E-state index < -0.39 is 0 Å². The zero-order valence-corrected chi connectivity index (χ0v) is 17.3. The number of nitrogens with one attached hydrogen (secondary N) is 2. The Morgan fingerprint density at radius 1 is 1.11 bits per heavy atom. The number of anilines is 1. The van der Waals surface area contributed by atoms with E-state index in [0.29, 0.717) is 24.3 Å². The van der Waals surface area contributed by atoms with E-state index in [1.54, 1.807) is 29.2 Å². The van der Waals surface area contributed by atoms with E-state index in [2.05, 4.69) is 17.6 Å². The zero-order valence-electron chi connectivity index (χ0n) is 17.3. The van der Waals surface area contributed by atoms with E-state index in [4.69, 9.17) is 0 Å². The summed E-state index contributed by atoms with van der Waals surface area (Å²) in [4.78, 5) is 38.3. The molecule has 0 aliphatic carbocycles. The topological polar surface area (TPSA) is 78.5 Å². The Kier molecular flexibility index (Phi) is 8.48. The Hall–Kier alpha value is -2.37. The van der Waals surface area contributed by atoms with E-state index in [1.165, 1.54) is 19.3 Å². The highest BCUT2D eigenvalue weighted by Gasteiger charge is 2.35. The first kappa shape index (κ1) is 21.9. The van der Waals surface area contributed by atoms with Crippen LogP contribution in [0.25, 0.3) is 0 Å². The molecule has 1 fully saturated rings. The Balaban J connectivity index is 1.78. The minimum atomic E-state index is -0.328. The van der Waals surface area contributed by atoms with Crippen molar-refractivity contribution in [2.75, 3.05) is 18.4 Å². The third kappa shape index (κ3) is 6.36. The minimum Gasteiger partial charge on any atom is -0.352 e. The van der Waals surface area contributed by atoms with Gasteiger partial charge in [0.25, 0.3) is 5.91 Å². The summed E-state index contributed by atoms with van der Waals surface area (Å²) < 4.78 is 0. The van der Waals surface area contributed by atoms with Gasteiger partial charge in [-0.05, 0) is 44.5 Å². The molecule has 1 aromatic carbocycles. The normalized spacial score (nSPS) is 16.5. The van der Waals surface area contributed by atoms with Crippen LogP contribution in [-0.4, -0.2) is 41.8 Å². The van der Waals surface area contributed by atoms with E-state index in [1.807, 2.05) is 13.8 Å². The van der Waals surface area contributed by atoms with Gasteiger partial charge < -0.3 is 15.5 Å². The van der Waals surface area contributed by atoms with Gasteiger partial charge in [0.1, 0.15) is 0 Å². The van der Waals surface area contributed by atoms with Gasteiger partial charge in [0.15, 0.2) is 0 Å². The summed E-state index contributed by atoms with van der Waals surface area (Å²) in [5, 5.41) is 5.78. The number of hydrogen-bond donors (Lipinski definition) is 2. The lowest BCUT2D eigenvalue weighted by Gasteiger charge is -2.20. The Labute approximate surface area is 168 Å². The fraction of sp³-hybridized carbons (Fsp3) is 0.591. The average molecular weight is 388 g/mol. The maximum absolute atomic E-state index is 12.4. The first-order chi connectivity index (χ1) is 13.4. The standard InChI is InChI=1S/C22H33N3O3/c1-4-5-6-7-8-13-23-21(27)17-9-11-19(12-10-17)24-22(28)18-14-20(26)25(15-18)16(2)3/h9-12,16,18H,4-8,13-15H2,1-3H3,(H,23,27)(H,24,28). The smallest absolute Gasteiger partial charge is 0.251 e. The molecule has 1 saturated heterocycles. The molecule has 6 heteroatoms. The monoisotopic (exact) mass is 387 g/mol. The number of rotatable bonds is 10. The van der Waals surface area contributed by atoms with E-state index in [0.717, 1.165) is 12.8 Å². The minimum absolute atomic E-state index is 0.0249. The summed E-state index contributed by atoms with van der Waals surface area (Å²) in [6.07, 6.45) is 6.04. The second-order valence-electron chi connectivity index (χ2n) is 7.78. The molecule has 1 heterocycles. The van der Waals surface area contributed by atoms with Crippen LogP contribution in [0.4, 0.5) is 5.69 Å². The highest BCUT2D eigenvalue weighted by atomic mass is 16.2. The molecule has 1 unspecified atom stereocenters.